The molecule has 1 amide bonds. The molecule has 0 spiro atoms. The summed E-state index contributed by atoms with van der Waals surface area (Å²) >= 11 is 1.75. The smallest absolute Gasteiger partial charge is 0.374 e. The molecule has 0 aromatic carbocycles. The predicted molar refractivity (Wildman–Crippen MR) is 88.5 cm³/mol. The number of rotatable bonds is 6. The Morgan fingerprint density at radius 1 is 1.36 bits per heavy atom. The average molecular weight is 394 g/mol. The van der Waals surface area contributed by atoms with E-state index in [4.69, 9.17) is 0 Å². The van der Waals surface area contributed by atoms with Crippen LogP contribution in [0.15, 0.2) is 5.38 Å². The van der Waals surface area contributed by atoms with Gasteiger partial charge in [0.15, 0.2) is 0 Å². The van der Waals surface area contributed by atoms with E-state index < -0.39 is 29.1 Å². The van der Waals surface area contributed by atoms with Crippen LogP contribution in [-0.2, 0) is 16.8 Å². The summed E-state index contributed by atoms with van der Waals surface area (Å²) in [7, 11) is 0. The average Bonchev–Trinajstić information content (AvgIpc) is 3.06. The molecule has 25 heavy (non-hydrogen) atoms. The first kappa shape index (κ1) is 19.7. The molecule has 0 aliphatic carbocycles. The van der Waals surface area contributed by atoms with Crippen molar-refractivity contribution in [1.82, 2.24) is 15.2 Å². The van der Waals surface area contributed by atoms with Crippen molar-refractivity contribution < 1.29 is 23.1 Å². The highest BCUT2D eigenvalue weighted by atomic mass is 32.1. The molecule has 1 unspecified atom stereocenters. The van der Waals surface area contributed by atoms with E-state index in [1.54, 1.807) is 0 Å². The van der Waals surface area contributed by atoms with E-state index in [1.165, 1.54) is 12.3 Å². The molecule has 2 aromatic rings. The second-order valence-electron chi connectivity index (χ2n) is 5.98. The van der Waals surface area contributed by atoms with Gasteiger partial charge in [0.1, 0.15) is 10.0 Å². The lowest BCUT2D eigenvalue weighted by atomic mass is 9.99. The van der Waals surface area contributed by atoms with Gasteiger partial charge in [0.05, 0.1) is 6.42 Å². The molecule has 11 heteroatoms. The fourth-order valence-electron chi connectivity index (χ4n) is 1.97. The molecule has 0 saturated carbocycles. The van der Waals surface area contributed by atoms with Gasteiger partial charge in [-0.1, -0.05) is 25.2 Å². The number of thiazole rings is 1. The number of aliphatic hydroxyl groups is 1. The predicted octanol–water partition coefficient (Wildman–Crippen LogP) is 3.28. The van der Waals surface area contributed by atoms with Gasteiger partial charge in [-0.05, 0) is 12.8 Å². The lowest BCUT2D eigenvalue weighted by Gasteiger charge is -2.27. The maximum atomic E-state index is 13.4. The Balaban J connectivity index is 2.14. The van der Waals surface area contributed by atoms with Crippen molar-refractivity contribution in [3.05, 3.63) is 21.1 Å². The lowest BCUT2D eigenvalue weighted by molar-refractivity contribution is -0.266. The monoisotopic (exact) mass is 394 g/mol. The highest BCUT2D eigenvalue weighted by Gasteiger charge is 2.58. The Morgan fingerprint density at radius 3 is 2.56 bits per heavy atom. The van der Waals surface area contributed by atoms with E-state index in [2.05, 4.69) is 20.5 Å². The first-order chi connectivity index (χ1) is 11.5. The zero-order valence-electron chi connectivity index (χ0n) is 13.7. The van der Waals surface area contributed by atoms with E-state index in [0.29, 0.717) is 34.4 Å². The normalized spacial score (nSPS) is 14.6. The van der Waals surface area contributed by atoms with E-state index in [9.17, 15) is 23.1 Å². The Bertz CT molecular complexity index is 745. The van der Waals surface area contributed by atoms with Gasteiger partial charge in [0.25, 0.3) is 0 Å². The van der Waals surface area contributed by atoms with Crippen LogP contribution in [0.2, 0.25) is 0 Å². The summed E-state index contributed by atoms with van der Waals surface area (Å²) in [6, 6.07) is 0. The summed E-state index contributed by atoms with van der Waals surface area (Å²) in [5.74, 6) is -0.681. The number of nitrogens with one attached hydrogen (secondary N) is 1. The standard InChI is InChI=1S/C14H17F3N4O2S2/c1-7(2)4-10-20-21-12(25-10)19-9(22)5-13(23,14(15,16)17)11-18-8(3)6-24-11/h6-7,23H,4-5H2,1-3H3,(H,19,21,22). The molecular weight excluding hydrogens is 377 g/mol. The number of hydrogen-bond donors (Lipinski definition) is 2. The van der Waals surface area contributed by atoms with E-state index in [0.717, 1.165) is 11.3 Å². The van der Waals surface area contributed by atoms with Gasteiger partial charge in [-0.25, -0.2) is 4.98 Å². The van der Waals surface area contributed by atoms with Gasteiger partial charge >= 0.3 is 6.18 Å². The molecule has 0 bridgehead atoms. The molecule has 1 atom stereocenters. The minimum absolute atomic E-state index is 0.0977. The summed E-state index contributed by atoms with van der Waals surface area (Å²) < 4.78 is 40.1. The quantitative estimate of drug-likeness (QED) is 0.785. The molecule has 2 N–H and O–H groups in total. The number of amides is 1. The third kappa shape index (κ3) is 4.73. The van der Waals surface area contributed by atoms with Gasteiger partial charge in [-0.3, -0.25) is 4.79 Å². The molecule has 0 aliphatic heterocycles. The highest BCUT2D eigenvalue weighted by molar-refractivity contribution is 7.15. The molecule has 0 radical (unpaired) electrons. The van der Waals surface area contributed by atoms with Crippen molar-refractivity contribution in [2.75, 3.05) is 5.32 Å². The van der Waals surface area contributed by atoms with E-state index in [-0.39, 0.29) is 5.13 Å². The molecule has 2 aromatic heterocycles. The largest absolute Gasteiger partial charge is 0.424 e. The topological polar surface area (TPSA) is 88.0 Å². The molecule has 0 fully saturated rings. The molecule has 0 saturated heterocycles. The van der Waals surface area contributed by atoms with Crippen molar-refractivity contribution in [2.45, 2.75) is 45.4 Å². The number of aromatic nitrogens is 3. The van der Waals surface area contributed by atoms with Crippen molar-refractivity contribution in [3.8, 4) is 0 Å². The van der Waals surface area contributed by atoms with Gasteiger partial charge in [-0.15, -0.1) is 21.5 Å². The van der Waals surface area contributed by atoms with Crippen LogP contribution in [-0.4, -0.2) is 32.4 Å². The molecule has 2 rings (SSSR count). The number of halogens is 3. The summed E-state index contributed by atoms with van der Waals surface area (Å²) in [5, 5.41) is 21.6. The van der Waals surface area contributed by atoms with E-state index in [1.807, 2.05) is 13.8 Å². The van der Waals surface area contributed by atoms with E-state index >= 15 is 0 Å². The fourth-order valence-corrected chi connectivity index (χ4v) is 3.86. The Labute approximate surface area is 150 Å². The molecule has 6 nitrogen and oxygen atoms in total. The summed E-state index contributed by atoms with van der Waals surface area (Å²) in [4.78, 5) is 15.7. The molecular formula is C14H17F3N4O2S2. The molecule has 0 aliphatic rings. The van der Waals surface area contributed by atoms with Crippen molar-refractivity contribution >= 4 is 33.7 Å². The minimum atomic E-state index is -5.04. The Kier molecular flexibility index (Phi) is 5.79. The number of carbonyl (C=O) groups excluding carboxylic acids is 1. The van der Waals surface area contributed by atoms with Crippen LogP contribution in [0, 0.1) is 12.8 Å². The number of carbonyl (C=O) groups is 1. The number of aryl methyl sites for hydroxylation is 1. The number of nitrogens with zero attached hydrogens (tertiary/aromatic N) is 3. The van der Waals surface area contributed by atoms with Crippen LogP contribution in [0.25, 0.3) is 0 Å². The molecule has 138 valence electrons. The zero-order valence-corrected chi connectivity index (χ0v) is 15.3. The second kappa shape index (κ2) is 7.34. The highest BCUT2D eigenvalue weighted by Crippen LogP contribution is 2.43. The Hall–Kier alpha value is -1.59. The Morgan fingerprint density at radius 2 is 2.04 bits per heavy atom. The van der Waals surface area contributed by atoms with Crippen LogP contribution >= 0.6 is 22.7 Å². The van der Waals surface area contributed by atoms with Gasteiger partial charge in [-0.2, -0.15) is 13.2 Å². The van der Waals surface area contributed by atoms with Crippen LogP contribution < -0.4 is 5.32 Å². The number of anilines is 1. The summed E-state index contributed by atoms with van der Waals surface area (Å²) in [6.45, 7) is 5.48. The van der Waals surface area contributed by atoms with Crippen LogP contribution in [0.5, 0.6) is 0 Å². The SMILES string of the molecule is Cc1csc(C(O)(CC(=O)Nc2nnc(CC(C)C)s2)C(F)(F)F)n1. The zero-order chi connectivity index (χ0) is 18.8. The van der Waals surface area contributed by atoms with Crippen molar-refractivity contribution in [3.63, 3.8) is 0 Å². The van der Waals surface area contributed by atoms with Crippen LogP contribution in [0.3, 0.4) is 0 Å². The second-order valence-corrected chi connectivity index (χ2v) is 7.90. The van der Waals surface area contributed by atoms with Crippen LogP contribution in [0.1, 0.15) is 36.0 Å². The third-order valence-corrected chi connectivity index (χ3v) is 5.13. The summed E-state index contributed by atoms with van der Waals surface area (Å²) in [5.41, 5.74) is -3.01. The van der Waals surface area contributed by atoms with Crippen molar-refractivity contribution in [2.24, 2.45) is 5.92 Å². The first-order valence-electron chi connectivity index (χ1n) is 7.35. The maximum absolute atomic E-state index is 13.4. The van der Waals surface area contributed by atoms with Gasteiger partial charge in [0, 0.05) is 17.5 Å². The minimum Gasteiger partial charge on any atom is -0.374 e. The van der Waals surface area contributed by atoms with Crippen molar-refractivity contribution in [1.29, 1.82) is 0 Å². The van der Waals surface area contributed by atoms with Gasteiger partial charge in [0.2, 0.25) is 16.6 Å². The maximum Gasteiger partial charge on any atom is 0.424 e. The molecule has 2 heterocycles. The number of hydrogen-bond acceptors (Lipinski definition) is 7. The lowest BCUT2D eigenvalue weighted by Crippen LogP contribution is -2.45. The first-order valence-corrected chi connectivity index (χ1v) is 9.05. The summed E-state index contributed by atoms with van der Waals surface area (Å²) in [6.07, 6.45) is -5.60. The number of alkyl halides is 3. The third-order valence-electron chi connectivity index (χ3n) is 3.15. The van der Waals surface area contributed by atoms with Crippen LogP contribution in [0.4, 0.5) is 18.3 Å². The van der Waals surface area contributed by atoms with Gasteiger partial charge < -0.3 is 10.4 Å². The fraction of sp³-hybridized carbons (Fsp3) is 0.571.